The monoisotopic (exact) mass is 411 g/mol. The van der Waals surface area contributed by atoms with Gasteiger partial charge in [-0.05, 0) is 55.8 Å². The van der Waals surface area contributed by atoms with Crippen LogP contribution in [0.25, 0.3) is 17.5 Å². The Kier molecular flexibility index (Phi) is 5.79. The first-order chi connectivity index (χ1) is 15.0. The van der Waals surface area contributed by atoms with Crippen LogP contribution in [0.1, 0.15) is 17.0 Å². The fourth-order valence-corrected chi connectivity index (χ4v) is 2.96. The second-order valence-electron chi connectivity index (χ2n) is 6.92. The van der Waals surface area contributed by atoms with Crippen LogP contribution < -0.4 is 10.6 Å². The summed E-state index contributed by atoms with van der Waals surface area (Å²) in [4.78, 5) is 25.2. The number of anilines is 3. The molecule has 0 atom stereocenters. The summed E-state index contributed by atoms with van der Waals surface area (Å²) >= 11 is 0. The van der Waals surface area contributed by atoms with E-state index in [4.69, 9.17) is 0 Å². The number of aromatic nitrogens is 5. The van der Waals surface area contributed by atoms with Crippen molar-refractivity contribution in [3.8, 4) is 11.4 Å². The normalized spacial score (nSPS) is 10.9. The van der Waals surface area contributed by atoms with Gasteiger partial charge in [-0.15, -0.1) is 5.10 Å². The molecular weight excluding hydrogens is 390 g/mol. The Bertz CT molecular complexity index is 1190. The number of hydrogen-bond donors (Lipinski definition) is 3. The van der Waals surface area contributed by atoms with Crippen molar-refractivity contribution in [2.24, 2.45) is 0 Å². The third-order valence-electron chi connectivity index (χ3n) is 4.34. The van der Waals surface area contributed by atoms with Crippen LogP contribution in [0.3, 0.4) is 0 Å². The number of benzene rings is 2. The average Bonchev–Trinajstić information content (AvgIpc) is 3.21. The first kappa shape index (κ1) is 20.0. The highest BCUT2D eigenvalue weighted by Crippen LogP contribution is 2.20. The third kappa shape index (κ3) is 5.39. The topological polar surface area (TPSA) is 108 Å². The number of hydrogen-bond acceptors (Lipinski definition) is 6. The van der Waals surface area contributed by atoms with E-state index in [1.165, 1.54) is 6.08 Å². The van der Waals surface area contributed by atoms with Crippen LogP contribution in [-0.2, 0) is 4.79 Å². The molecule has 0 saturated carbocycles. The zero-order chi connectivity index (χ0) is 21.6. The van der Waals surface area contributed by atoms with Gasteiger partial charge in [-0.3, -0.25) is 15.2 Å². The minimum Gasteiger partial charge on any atom is -0.323 e. The van der Waals surface area contributed by atoms with Crippen LogP contribution in [0.5, 0.6) is 0 Å². The molecule has 3 N–H and O–H groups in total. The molecule has 0 aliphatic heterocycles. The van der Waals surface area contributed by atoms with E-state index >= 15 is 0 Å². The van der Waals surface area contributed by atoms with Gasteiger partial charge in [-0.1, -0.05) is 30.3 Å². The summed E-state index contributed by atoms with van der Waals surface area (Å²) in [6.07, 6.45) is 3.28. The van der Waals surface area contributed by atoms with E-state index in [-0.39, 0.29) is 5.91 Å². The number of nitrogens with zero attached hydrogens (tertiary/aromatic N) is 4. The standard InChI is InChI=1S/C23H21N7O/c1-15-14-16(2)25-22(24-15)28-23-27-21(29-30-23)18-9-11-19(12-10-18)26-20(31)13-8-17-6-4-3-5-7-17/h3-14H,1-2H3,(H,26,31)(H2,24,25,27,28,29,30)/b13-8+. The number of rotatable bonds is 6. The number of aryl methyl sites for hydroxylation is 2. The minimum atomic E-state index is -0.198. The average molecular weight is 411 g/mol. The Morgan fingerprint density at radius 3 is 2.32 bits per heavy atom. The SMILES string of the molecule is Cc1cc(C)nc(Nc2n[nH]c(-c3ccc(NC(=O)/C=C/c4ccccc4)cc3)n2)n1. The summed E-state index contributed by atoms with van der Waals surface area (Å²) in [6.45, 7) is 3.81. The molecule has 1 amide bonds. The Labute approximate surface area is 179 Å². The van der Waals surface area contributed by atoms with Crippen LogP contribution in [0, 0.1) is 13.8 Å². The van der Waals surface area contributed by atoms with Crippen molar-refractivity contribution in [1.82, 2.24) is 25.1 Å². The van der Waals surface area contributed by atoms with Crippen molar-refractivity contribution in [1.29, 1.82) is 0 Å². The summed E-state index contributed by atoms with van der Waals surface area (Å²) < 4.78 is 0. The Balaban J connectivity index is 1.39. The number of nitrogens with one attached hydrogen (secondary N) is 3. The van der Waals surface area contributed by atoms with Gasteiger partial charge in [0.15, 0.2) is 5.82 Å². The molecule has 0 aliphatic carbocycles. The Hall–Kier alpha value is -4.33. The second kappa shape index (κ2) is 9.00. The molecule has 8 nitrogen and oxygen atoms in total. The number of carbonyl (C=O) groups is 1. The summed E-state index contributed by atoms with van der Waals surface area (Å²) in [6, 6.07) is 18.9. The molecule has 4 rings (SSSR count). The van der Waals surface area contributed by atoms with Gasteiger partial charge in [-0.25, -0.2) is 9.97 Å². The first-order valence-corrected chi connectivity index (χ1v) is 9.71. The fourth-order valence-electron chi connectivity index (χ4n) is 2.96. The van der Waals surface area contributed by atoms with Gasteiger partial charge < -0.3 is 5.32 Å². The molecular formula is C23H21N7O. The minimum absolute atomic E-state index is 0.198. The predicted molar refractivity (Wildman–Crippen MR) is 121 cm³/mol. The highest BCUT2D eigenvalue weighted by Gasteiger charge is 2.08. The molecule has 2 aromatic carbocycles. The predicted octanol–water partition coefficient (Wildman–Crippen LogP) is 4.27. The molecule has 0 unspecified atom stereocenters. The number of carbonyl (C=O) groups excluding carboxylic acids is 1. The fraction of sp³-hybridized carbons (Fsp3) is 0.0870. The molecule has 2 heterocycles. The van der Waals surface area contributed by atoms with Gasteiger partial charge in [0.2, 0.25) is 17.8 Å². The highest BCUT2D eigenvalue weighted by atomic mass is 16.1. The zero-order valence-electron chi connectivity index (χ0n) is 17.1. The van der Waals surface area contributed by atoms with E-state index in [2.05, 4.69) is 35.8 Å². The lowest BCUT2D eigenvalue weighted by Gasteiger charge is -2.03. The van der Waals surface area contributed by atoms with Crippen LogP contribution in [0.2, 0.25) is 0 Å². The lowest BCUT2D eigenvalue weighted by Crippen LogP contribution is -2.07. The lowest BCUT2D eigenvalue weighted by molar-refractivity contribution is -0.111. The number of H-pyrrole nitrogens is 1. The van der Waals surface area contributed by atoms with Crippen molar-refractivity contribution in [3.63, 3.8) is 0 Å². The van der Waals surface area contributed by atoms with Crippen molar-refractivity contribution in [3.05, 3.63) is 83.7 Å². The summed E-state index contributed by atoms with van der Waals surface area (Å²) in [7, 11) is 0. The van der Waals surface area contributed by atoms with Crippen LogP contribution in [0.15, 0.2) is 66.7 Å². The molecule has 2 aromatic heterocycles. The second-order valence-corrected chi connectivity index (χ2v) is 6.92. The van der Waals surface area contributed by atoms with Gasteiger partial charge in [0, 0.05) is 28.7 Å². The number of amides is 1. The van der Waals surface area contributed by atoms with Crippen molar-refractivity contribution in [2.45, 2.75) is 13.8 Å². The quantitative estimate of drug-likeness (QED) is 0.409. The molecule has 8 heteroatoms. The summed E-state index contributed by atoms with van der Waals surface area (Å²) in [5, 5.41) is 12.9. The summed E-state index contributed by atoms with van der Waals surface area (Å²) in [5.41, 5.74) is 4.21. The molecule has 31 heavy (non-hydrogen) atoms. The Morgan fingerprint density at radius 1 is 0.903 bits per heavy atom. The van der Waals surface area contributed by atoms with E-state index in [1.54, 1.807) is 6.08 Å². The smallest absolute Gasteiger partial charge is 0.249 e. The lowest BCUT2D eigenvalue weighted by atomic mass is 10.2. The first-order valence-electron chi connectivity index (χ1n) is 9.71. The van der Waals surface area contributed by atoms with Gasteiger partial charge in [0.1, 0.15) is 0 Å². The van der Waals surface area contributed by atoms with Crippen LogP contribution in [0.4, 0.5) is 17.6 Å². The molecule has 0 saturated heterocycles. The maximum atomic E-state index is 12.1. The van der Waals surface area contributed by atoms with Gasteiger partial charge in [0.05, 0.1) is 0 Å². The van der Waals surface area contributed by atoms with Gasteiger partial charge in [0.25, 0.3) is 0 Å². The molecule has 0 radical (unpaired) electrons. The van der Waals surface area contributed by atoms with Gasteiger partial charge >= 0.3 is 0 Å². The van der Waals surface area contributed by atoms with Crippen molar-refractivity contribution >= 4 is 29.6 Å². The highest BCUT2D eigenvalue weighted by molar-refractivity contribution is 6.02. The molecule has 154 valence electrons. The molecule has 0 fully saturated rings. The van der Waals surface area contributed by atoms with Gasteiger partial charge in [-0.2, -0.15) is 4.98 Å². The third-order valence-corrected chi connectivity index (χ3v) is 4.34. The Morgan fingerprint density at radius 2 is 1.61 bits per heavy atom. The van der Waals surface area contributed by atoms with Crippen molar-refractivity contribution in [2.75, 3.05) is 10.6 Å². The zero-order valence-corrected chi connectivity index (χ0v) is 17.1. The van der Waals surface area contributed by atoms with E-state index in [1.807, 2.05) is 74.5 Å². The molecule has 0 bridgehead atoms. The van der Waals surface area contributed by atoms with E-state index in [0.717, 1.165) is 22.5 Å². The largest absolute Gasteiger partial charge is 0.323 e. The molecule has 0 spiro atoms. The van der Waals surface area contributed by atoms with E-state index in [0.29, 0.717) is 23.4 Å². The van der Waals surface area contributed by atoms with Crippen LogP contribution >= 0.6 is 0 Å². The summed E-state index contributed by atoms with van der Waals surface area (Å²) in [5.74, 6) is 1.22. The van der Waals surface area contributed by atoms with Crippen molar-refractivity contribution < 1.29 is 4.79 Å². The maximum Gasteiger partial charge on any atom is 0.249 e. The number of aromatic amines is 1. The molecule has 0 aliphatic rings. The van der Waals surface area contributed by atoms with E-state index in [9.17, 15) is 4.79 Å². The molecule has 4 aromatic rings. The maximum absolute atomic E-state index is 12.1. The van der Waals surface area contributed by atoms with Crippen LogP contribution in [-0.4, -0.2) is 31.1 Å². The van der Waals surface area contributed by atoms with E-state index < -0.39 is 0 Å².